The second-order valence-electron chi connectivity index (χ2n) is 2.90. The molecule has 0 saturated heterocycles. The van der Waals surface area contributed by atoms with Gasteiger partial charge in [0.05, 0.1) is 5.75 Å². The molecule has 0 aliphatic heterocycles. The molecule has 1 unspecified atom stereocenters. The molecule has 3 nitrogen and oxygen atoms in total. The summed E-state index contributed by atoms with van der Waals surface area (Å²) in [5.41, 5.74) is 0. The Hall–Kier alpha value is -0.350. The maximum atomic E-state index is 10.6. The highest BCUT2D eigenvalue weighted by molar-refractivity contribution is 7.89. The molecule has 0 saturated carbocycles. The van der Waals surface area contributed by atoms with E-state index in [1.165, 1.54) is 0 Å². The zero-order valence-corrected chi connectivity index (χ0v) is 7.76. The van der Waals surface area contributed by atoms with E-state index >= 15 is 0 Å². The van der Waals surface area contributed by atoms with Gasteiger partial charge in [0.1, 0.15) is 0 Å². The van der Waals surface area contributed by atoms with Crippen LogP contribution in [0.3, 0.4) is 0 Å². The highest BCUT2D eigenvalue weighted by atomic mass is 32.2. The molecular weight excluding hydrogens is 162 g/mol. The van der Waals surface area contributed by atoms with Crippen molar-refractivity contribution < 1.29 is 8.42 Å². The smallest absolute Gasteiger partial charge is 0.209 e. The highest BCUT2D eigenvalue weighted by Gasteiger charge is 2.14. The lowest BCUT2D eigenvalue weighted by Gasteiger charge is -2.13. The first-order chi connectivity index (χ1) is 4.87. The number of primary sulfonamides is 1. The molecule has 0 radical (unpaired) electrons. The maximum absolute atomic E-state index is 10.6. The Labute approximate surface area is 68.3 Å². The molecule has 0 fully saturated rings. The van der Waals surface area contributed by atoms with E-state index in [0.717, 1.165) is 0 Å². The summed E-state index contributed by atoms with van der Waals surface area (Å²) in [4.78, 5) is 0. The van der Waals surface area contributed by atoms with Crippen molar-refractivity contribution in [2.24, 2.45) is 17.0 Å². The third kappa shape index (κ3) is 4.98. The Morgan fingerprint density at radius 1 is 1.55 bits per heavy atom. The van der Waals surface area contributed by atoms with Crippen LogP contribution in [-0.4, -0.2) is 14.2 Å². The number of hydrogen-bond acceptors (Lipinski definition) is 2. The lowest BCUT2D eigenvalue weighted by atomic mass is 9.99. The molecule has 0 bridgehead atoms. The van der Waals surface area contributed by atoms with Crippen LogP contribution in [0.2, 0.25) is 0 Å². The van der Waals surface area contributed by atoms with Crippen LogP contribution in [0.15, 0.2) is 12.7 Å². The van der Waals surface area contributed by atoms with Crippen LogP contribution in [0.5, 0.6) is 0 Å². The van der Waals surface area contributed by atoms with Crippen LogP contribution >= 0.6 is 0 Å². The van der Waals surface area contributed by atoms with Gasteiger partial charge in [0.15, 0.2) is 0 Å². The molecule has 66 valence electrons. The van der Waals surface area contributed by atoms with Crippen molar-refractivity contribution >= 4 is 10.0 Å². The van der Waals surface area contributed by atoms with Crippen molar-refractivity contribution in [3.63, 3.8) is 0 Å². The van der Waals surface area contributed by atoms with Crippen LogP contribution in [0, 0.1) is 11.8 Å². The lowest BCUT2D eigenvalue weighted by Crippen LogP contribution is -2.24. The third-order valence-electron chi connectivity index (χ3n) is 1.76. The van der Waals surface area contributed by atoms with E-state index < -0.39 is 10.0 Å². The summed E-state index contributed by atoms with van der Waals surface area (Å²) in [5.74, 6) is 0.260. The van der Waals surface area contributed by atoms with Crippen LogP contribution in [0.25, 0.3) is 0 Å². The van der Waals surface area contributed by atoms with E-state index in [9.17, 15) is 8.42 Å². The van der Waals surface area contributed by atoms with E-state index in [4.69, 9.17) is 5.14 Å². The largest absolute Gasteiger partial charge is 0.229 e. The van der Waals surface area contributed by atoms with Gasteiger partial charge in [-0.25, -0.2) is 13.6 Å². The number of sulfonamides is 1. The molecule has 0 spiro atoms. The fourth-order valence-electron chi connectivity index (χ4n) is 0.751. The van der Waals surface area contributed by atoms with Gasteiger partial charge >= 0.3 is 0 Å². The quantitative estimate of drug-likeness (QED) is 0.644. The predicted octanol–water partition coefficient (Wildman–Crippen LogP) is 0.733. The maximum Gasteiger partial charge on any atom is 0.209 e. The van der Waals surface area contributed by atoms with Gasteiger partial charge in [0, 0.05) is 0 Å². The zero-order valence-electron chi connectivity index (χ0n) is 6.95. The summed E-state index contributed by atoms with van der Waals surface area (Å²) >= 11 is 0. The van der Waals surface area contributed by atoms with Crippen LogP contribution in [0.1, 0.15) is 13.8 Å². The lowest BCUT2D eigenvalue weighted by molar-refractivity contribution is 0.495. The molecule has 0 heterocycles. The molecule has 0 aromatic heterocycles. The van der Waals surface area contributed by atoms with Crippen molar-refractivity contribution in [2.45, 2.75) is 13.8 Å². The standard InChI is InChI=1S/C7H15NO2S/c1-4-6(2)7(3)5-11(8,9)10/h4,6-7H,1,5H2,2-3H3,(H2,8,9,10)/t6-,7?/m0/s1. The molecule has 11 heavy (non-hydrogen) atoms. The summed E-state index contributed by atoms with van der Waals surface area (Å²) in [6.45, 7) is 7.34. The summed E-state index contributed by atoms with van der Waals surface area (Å²) in [7, 11) is -3.33. The minimum absolute atomic E-state index is 0.0280. The predicted molar refractivity (Wildman–Crippen MR) is 46.5 cm³/mol. The molecule has 0 amide bonds. The Morgan fingerprint density at radius 3 is 2.27 bits per heavy atom. The molecule has 0 aromatic carbocycles. The average molecular weight is 177 g/mol. The van der Waals surface area contributed by atoms with Gasteiger partial charge in [-0.15, -0.1) is 6.58 Å². The van der Waals surface area contributed by atoms with E-state index in [2.05, 4.69) is 6.58 Å². The normalized spacial score (nSPS) is 17.4. The topological polar surface area (TPSA) is 60.2 Å². The highest BCUT2D eigenvalue weighted by Crippen LogP contribution is 2.12. The summed E-state index contributed by atoms with van der Waals surface area (Å²) in [5, 5.41) is 4.87. The molecule has 0 rings (SSSR count). The van der Waals surface area contributed by atoms with Gasteiger partial charge in [-0.05, 0) is 11.8 Å². The van der Waals surface area contributed by atoms with Gasteiger partial charge in [-0.1, -0.05) is 19.9 Å². The van der Waals surface area contributed by atoms with Crippen molar-refractivity contribution in [1.29, 1.82) is 0 Å². The molecular formula is C7H15NO2S. The first kappa shape index (κ1) is 10.7. The SMILES string of the molecule is C=C[C@H](C)C(C)CS(N)(=O)=O. The van der Waals surface area contributed by atoms with E-state index in [-0.39, 0.29) is 17.6 Å². The van der Waals surface area contributed by atoms with Crippen molar-refractivity contribution in [2.75, 3.05) is 5.75 Å². The number of hydrogen-bond donors (Lipinski definition) is 1. The molecule has 2 N–H and O–H groups in total. The Kier molecular flexibility index (Phi) is 3.75. The molecule has 0 aliphatic carbocycles. The van der Waals surface area contributed by atoms with Crippen molar-refractivity contribution in [3.8, 4) is 0 Å². The Bertz CT molecular complexity index is 221. The number of nitrogens with two attached hydrogens (primary N) is 1. The summed E-state index contributed by atoms with van der Waals surface area (Å²) in [6.07, 6.45) is 1.73. The number of rotatable bonds is 4. The minimum atomic E-state index is -3.33. The van der Waals surface area contributed by atoms with Gasteiger partial charge < -0.3 is 0 Å². The Balaban J connectivity index is 4.08. The van der Waals surface area contributed by atoms with Crippen LogP contribution in [-0.2, 0) is 10.0 Å². The average Bonchev–Trinajstić information content (AvgIpc) is 1.82. The molecule has 2 atom stereocenters. The van der Waals surface area contributed by atoms with E-state index in [1.54, 1.807) is 6.08 Å². The monoisotopic (exact) mass is 177 g/mol. The van der Waals surface area contributed by atoms with E-state index in [0.29, 0.717) is 0 Å². The fourth-order valence-corrected chi connectivity index (χ4v) is 1.79. The first-order valence-electron chi connectivity index (χ1n) is 3.50. The van der Waals surface area contributed by atoms with Crippen LogP contribution < -0.4 is 5.14 Å². The Morgan fingerprint density at radius 2 is 2.00 bits per heavy atom. The number of allylic oxidation sites excluding steroid dienone is 1. The van der Waals surface area contributed by atoms with Gasteiger partial charge in [0.2, 0.25) is 10.0 Å². The van der Waals surface area contributed by atoms with Gasteiger partial charge in [0.25, 0.3) is 0 Å². The molecule has 4 heteroatoms. The fraction of sp³-hybridized carbons (Fsp3) is 0.714. The minimum Gasteiger partial charge on any atom is -0.229 e. The zero-order chi connectivity index (χ0) is 9.07. The first-order valence-corrected chi connectivity index (χ1v) is 5.21. The van der Waals surface area contributed by atoms with E-state index in [1.807, 2.05) is 13.8 Å². The van der Waals surface area contributed by atoms with Crippen molar-refractivity contribution in [3.05, 3.63) is 12.7 Å². The summed E-state index contributed by atoms with van der Waals surface area (Å²) < 4.78 is 21.2. The van der Waals surface area contributed by atoms with Crippen LogP contribution in [0.4, 0.5) is 0 Å². The second kappa shape index (κ2) is 3.88. The summed E-state index contributed by atoms with van der Waals surface area (Å²) in [6, 6.07) is 0. The second-order valence-corrected chi connectivity index (χ2v) is 4.56. The van der Waals surface area contributed by atoms with Gasteiger partial charge in [-0.2, -0.15) is 0 Å². The van der Waals surface area contributed by atoms with Crippen molar-refractivity contribution in [1.82, 2.24) is 0 Å². The third-order valence-corrected chi connectivity index (χ3v) is 2.75. The van der Waals surface area contributed by atoms with Gasteiger partial charge in [-0.3, -0.25) is 0 Å². The molecule has 0 aromatic rings. The molecule has 0 aliphatic rings.